The van der Waals surface area contributed by atoms with Gasteiger partial charge in [-0.1, -0.05) is 0 Å². The van der Waals surface area contributed by atoms with Crippen LogP contribution in [0.25, 0.3) is 22.1 Å². The third-order valence-electron chi connectivity index (χ3n) is 5.21. The maximum absolute atomic E-state index is 5.89. The molecule has 5 rings (SSSR count). The Hall–Kier alpha value is -3.30. The van der Waals surface area contributed by atoms with Crippen molar-refractivity contribution < 1.29 is 0 Å². The van der Waals surface area contributed by atoms with Crippen LogP contribution in [0.15, 0.2) is 63.8 Å². The number of likely N-dealkylation sites (tertiary alicyclic amines) is 1. The first kappa shape index (κ1) is 19.7. The van der Waals surface area contributed by atoms with Crippen LogP contribution in [-0.2, 0) is 0 Å². The minimum absolute atomic E-state index is 0.339. The van der Waals surface area contributed by atoms with E-state index in [0.29, 0.717) is 6.04 Å². The van der Waals surface area contributed by atoms with E-state index < -0.39 is 0 Å². The molecule has 156 valence electrons. The highest BCUT2D eigenvalue weighted by molar-refractivity contribution is 7.99. The summed E-state index contributed by atoms with van der Waals surface area (Å²) in [5, 5.41) is 14.7. The van der Waals surface area contributed by atoms with Gasteiger partial charge in [-0.3, -0.25) is 9.98 Å². The van der Waals surface area contributed by atoms with Crippen LogP contribution >= 0.6 is 11.8 Å². The van der Waals surface area contributed by atoms with Gasteiger partial charge in [-0.05, 0) is 62.1 Å². The van der Waals surface area contributed by atoms with E-state index in [4.69, 9.17) is 5.73 Å². The zero-order chi connectivity index (χ0) is 21.4. The fraction of sp³-hybridized carbons (Fsp3) is 0.227. The Morgan fingerprint density at radius 3 is 2.87 bits per heavy atom. The van der Waals surface area contributed by atoms with Crippen LogP contribution in [0.3, 0.4) is 0 Å². The quantitative estimate of drug-likeness (QED) is 0.486. The Labute approximate surface area is 183 Å². The highest BCUT2D eigenvalue weighted by Gasteiger charge is 2.21. The number of hydrogen-bond acceptors (Lipinski definition) is 8. The summed E-state index contributed by atoms with van der Waals surface area (Å²) < 4.78 is 1.77. The van der Waals surface area contributed by atoms with E-state index in [2.05, 4.69) is 49.4 Å². The molecule has 0 amide bonds. The molecular formula is C22H22N8S. The number of benzene rings is 1. The average molecular weight is 431 g/mol. The SMILES string of the molecule is Cc1ccc2nnc(Sc3ccc4ncc(C(C=NC5CN(C)C5)=CN)cc4c3)n2n1. The maximum Gasteiger partial charge on any atom is 0.217 e. The number of aromatic nitrogens is 5. The zero-order valence-corrected chi connectivity index (χ0v) is 18.1. The van der Waals surface area contributed by atoms with Gasteiger partial charge in [0, 0.05) is 53.1 Å². The summed E-state index contributed by atoms with van der Waals surface area (Å²) in [5.41, 5.74) is 10.3. The molecule has 8 nitrogen and oxygen atoms in total. The van der Waals surface area contributed by atoms with Crippen LogP contribution in [0.1, 0.15) is 11.3 Å². The van der Waals surface area contributed by atoms with Gasteiger partial charge in [0.25, 0.3) is 0 Å². The lowest BCUT2D eigenvalue weighted by molar-refractivity contribution is 0.194. The van der Waals surface area contributed by atoms with Crippen molar-refractivity contribution in [3.8, 4) is 0 Å². The first-order chi connectivity index (χ1) is 15.1. The minimum atomic E-state index is 0.339. The van der Waals surface area contributed by atoms with E-state index in [1.807, 2.05) is 43.6 Å². The fourth-order valence-electron chi connectivity index (χ4n) is 3.52. The predicted molar refractivity (Wildman–Crippen MR) is 123 cm³/mol. The zero-order valence-electron chi connectivity index (χ0n) is 17.3. The van der Waals surface area contributed by atoms with E-state index in [0.717, 1.165) is 56.5 Å². The van der Waals surface area contributed by atoms with Crippen molar-refractivity contribution in [2.75, 3.05) is 20.1 Å². The van der Waals surface area contributed by atoms with E-state index in [1.54, 1.807) is 10.7 Å². The van der Waals surface area contributed by atoms with Gasteiger partial charge in [0.15, 0.2) is 5.65 Å². The molecular weight excluding hydrogens is 408 g/mol. The summed E-state index contributed by atoms with van der Waals surface area (Å²) in [6.45, 7) is 3.92. The molecule has 1 aliphatic rings. The van der Waals surface area contributed by atoms with E-state index >= 15 is 0 Å². The first-order valence-corrected chi connectivity index (χ1v) is 10.8. The number of pyridine rings is 1. The fourth-order valence-corrected chi connectivity index (χ4v) is 4.36. The number of nitrogens with zero attached hydrogens (tertiary/aromatic N) is 7. The van der Waals surface area contributed by atoms with Crippen LogP contribution in [0.2, 0.25) is 0 Å². The van der Waals surface area contributed by atoms with Crippen LogP contribution in [-0.4, -0.2) is 62.1 Å². The molecule has 31 heavy (non-hydrogen) atoms. The van der Waals surface area contributed by atoms with E-state index in [9.17, 15) is 0 Å². The van der Waals surface area contributed by atoms with Gasteiger partial charge < -0.3 is 10.6 Å². The molecule has 0 bridgehead atoms. The van der Waals surface area contributed by atoms with Crippen molar-refractivity contribution in [2.24, 2.45) is 10.7 Å². The Bertz CT molecular complexity index is 1320. The molecule has 3 aromatic heterocycles. The summed E-state index contributed by atoms with van der Waals surface area (Å²) in [6, 6.07) is 12.4. The van der Waals surface area contributed by atoms with Crippen LogP contribution in [0.4, 0.5) is 0 Å². The van der Waals surface area contributed by atoms with Crippen molar-refractivity contribution in [3.63, 3.8) is 0 Å². The van der Waals surface area contributed by atoms with Gasteiger partial charge in [-0.15, -0.1) is 10.2 Å². The van der Waals surface area contributed by atoms with Gasteiger partial charge in [0.05, 0.1) is 17.3 Å². The number of aryl methyl sites for hydroxylation is 1. The molecule has 0 unspecified atom stereocenters. The summed E-state index contributed by atoms with van der Waals surface area (Å²) in [7, 11) is 2.09. The highest BCUT2D eigenvalue weighted by atomic mass is 32.2. The second-order valence-electron chi connectivity index (χ2n) is 7.68. The van der Waals surface area contributed by atoms with E-state index in [-0.39, 0.29) is 0 Å². The Morgan fingerprint density at radius 2 is 2.06 bits per heavy atom. The standard InChI is InChI=1S/C22H22N8S/c1-14-3-6-21-26-27-22(30(21)28-14)31-19-4-5-20-15(8-19)7-16(10-25-20)17(9-23)11-24-18-12-29(2)13-18/h3-11,18H,12-13,23H2,1-2H3. The summed E-state index contributed by atoms with van der Waals surface area (Å²) in [6.07, 6.45) is 5.28. The number of fused-ring (bicyclic) bond motifs is 2. The molecule has 2 N–H and O–H groups in total. The predicted octanol–water partition coefficient (Wildman–Crippen LogP) is 2.82. The molecule has 4 aromatic rings. The molecule has 9 heteroatoms. The maximum atomic E-state index is 5.89. The van der Waals surface area contributed by atoms with Crippen LogP contribution in [0.5, 0.6) is 0 Å². The van der Waals surface area contributed by atoms with Gasteiger partial charge in [0.2, 0.25) is 5.16 Å². The summed E-state index contributed by atoms with van der Waals surface area (Å²) >= 11 is 1.52. The summed E-state index contributed by atoms with van der Waals surface area (Å²) in [5.74, 6) is 0. The molecule has 0 atom stereocenters. The minimum Gasteiger partial charge on any atom is -0.404 e. The van der Waals surface area contributed by atoms with Crippen molar-refractivity contribution in [2.45, 2.75) is 23.0 Å². The van der Waals surface area contributed by atoms with Crippen LogP contribution in [0, 0.1) is 6.92 Å². The summed E-state index contributed by atoms with van der Waals surface area (Å²) in [4.78, 5) is 12.5. The Kier molecular flexibility index (Phi) is 5.13. The number of aliphatic imine (C=N–C) groups is 1. The molecule has 0 aliphatic carbocycles. The van der Waals surface area contributed by atoms with Gasteiger partial charge in [-0.2, -0.15) is 9.61 Å². The van der Waals surface area contributed by atoms with Gasteiger partial charge in [-0.25, -0.2) is 0 Å². The molecule has 4 heterocycles. The van der Waals surface area contributed by atoms with Crippen molar-refractivity contribution in [1.29, 1.82) is 0 Å². The number of likely N-dealkylation sites (N-methyl/N-ethyl adjacent to an activating group) is 1. The first-order valence-electron chi connectivity index (χ1n) is 10.00. The lowest BCUT2D eigenvalue weighted by atomic mass is 10.1. The number of nitrogens with two attached hydrogens (primary N) is 1. The monoisotopic (exact) mass is 430 g/mol. The van der Waals surface area contributed by atoms with Crippen molar-refractivity contribution in [1.82, 2.24) is 29.7 Å². The molecule has 1 fully saturated rings. The van der Waals surface area contributed by atoms with Crippen LogP contribution < -0.4 is 5.73 Å². The molecule has 1 aliphatic heterocycles. The molecule has 0 spiro atoms. The molecule has 0 radical (unpaired) electrons. The lowest BCUT2D eigenvalue weighted by Gasteiger charge is -2.33. The smallest absolute Gasteiger partial charge is 0.217 e. The van der Waals surface area contributed by atoms with Crippen molar-refractivity contribution in [3.05, 3.63) is 60.1 Å². The largest absolute Gasteiger partial charge is 0.404 e. The topological polar surface area (TPSA) is 97.6 Å². The third-order valence-corrected chi connectivity index (χ3v) is 6.14. The number of allylic oxidation sites excluding steroid dienone is 1. The second-order valence-corrected chi connectivity index (χ2v) is 8.72. The highest BCUT2D eigenvalue weighted by Crippen LogP contribution is 2.29. The van der Waals surface area contributed by atoms with Gasteiger partial charge in [0.1, 0.15) is 0 Å². The van der Waals surface area contributed by atoms with Crippen molar-refractivity contribution >= 4 is 40.1 Å². The Balaban J connectivity index is 1.42. The second kappa shape index (κ2) is 8.09. The average Bonchev–Trinajstić information content (AvgIpc) is 3.14. The molecule has 1 aromatic carbocycles. The Morgan fingerprint density at radius 1 is 1.19 bits per heavy atom. The molecule has 1 saturated heterocycles. The third kappa shape index (κ3) is 4.01. The van der Waals surface area contributed by atoms with E-state index in [1.165, 1.54) is 11.8 Å². The normalized spacial score (nSPS) is 15.9. The number of rotatable bonds is 5. The molecule has 0 saturated carbocycles. The van der Waals surface area contributed by atoms with Gasteiger partial charge >= 0.3 is 0 Å². The lowest BCUT2D eigenvalue weighted by Crippen LogP contribution is -2.46. The number of hydrogen-bond donors (Lipinski definition) is 1.